The van der Waals surface area contributed by atoms with Crippen LogP contribution in [-0.4, -0.2) is 35.1 Å². The summed E-state index contributed by atoms with van der Waals surface area (Å²) < 4.78 is 5.62. The Morgan fingerprint density at radius 3 is 2.43 bits per heavy atom. The first-order valence-corrected chi connectivity index (χ1v) is 5.51. The minimum Gasteiger partial charge on any atom is -0.394 e. The largest absolute Gasteiger partial charge is 0.394 e. The lowest BCUT2D eigenvalue weighted by Gasteiger charge is -2.29. The van der Waals surface area contributed by atoms with Crippen molar-refractivity contribution in [1.29, 1.82) is 0 Å². The van der Waals surface area contributed by atoms with Crippen LogP contribution in [-0.2, 0) is 4.74 Å². The van der Waals surface area contributed by atoms with Crippen molar-refractivity contribution in [2.75, 3.05) is 13.2 Å². The summed E-state index contributed by atoms with van der Waals surface area (Å²) in [5.74, 6) is 0. The van der Waals surface area contributed by atoms with Crippen molar-refractivity contribution < 1.29 is 14.9 Å². The van der Waals surface area contributed by atoms with E-state index >= 15 is 0 Å². The number of hydrogen-bond acceptors (Lipinski definition) is 3. The molecule has 0 aliphatic rings. The lowest BCUT2D eigenvalue weighted by atomic mass is 9.96. The molecule has 2 atom stereocenters. The van der Waals surface area contributed by atoms with Crippen LogP contribution in [0.2, 0.25) is 0 Å². The maximum atomic E-state index is 9.17. The van der Waals surface area contributed by atoms with E-state index in [0.717, 1.165) is 25.7 Å². The number of unbranched alkanes of at least 4 members (excludes halogenated alkanes) is 1. The van der Waals surface area contributed by atoms with Crippen LogP contribution < -0.4 is 0 Å². The number of hydrogen-bond donors (Lipinski definition) is 2. The number of rotatable bonds is 8. The molecule has 0 aliphatic heterocycles. The van der Waals surface area contributed by atoms with Gasteiger partial charge in [0.2, 0.25) is 0 Å². The Hall–Kier alpha value is -0.120. The summed E-state index contributed by atoms with van der Waals surface area (Å²) in [6.45, 7) is 6.30. The normalized spacial score (nSPS) is 17.8. The maximum absolute atomic E-state index is 9.17. The van der Waals surface area contributed by atoms with Gasteiger partial charge in [0.05, 0.1) is 18.8 Å². The molecule has 0 bridgehead atoms. The van der Waals surface area contributed by atoms with E-state index in [2.05, 4.69) is 20.8 Å². The molecule has 14 heavy (non-hydrogen) atoms. The summed E-state index contributed by atoms with van der Waals surface area (Å²) in [7, 11) is 0. The van der Waals surface area contributed by atoms with Crippen molar-refractivity contribution in [1.82, 2.24) is 0 Å². The molecular weight excluding hydrogens is 180 g/mol. The van der Waals surface area contributed by atoms with Crippen molar-refractivity contribution >= 4 is 0 Å². The summed E-state index contributed by atoms with van der Waals surface area (Å²) in [6.07, 6.45) is 3.49. The molecule has 3 nitrogen and oxygen atoms in total. The average molecular weight is 204 g/mol. The van der Waals surface area contributed by atoms with Gasteiger partial charge < -0.3 is 14.9 Å². The van der Waals surface area contributed by atoms with Crippen LogP contribution in [0.5, 0.6) is 0 Å². The fourth-order valence-corrected chi connectivity index (χ4v) is 1.25. The van der Waals surface area contributed by atoms with E-state index in [1.807, 2.05) is 0 Å². The van der Waals surface area contributed by atoms with Crippen LogP contribution in [0, 0.1) is 0 Å². The van der Waals surface area contributed by atoms with Gasteiger partial charge in [-0.05, 0) is 19.8 Å². The maximum Gasteiger partial charge on any atom is 0.100 e. The molecule has 0 rings (SSSR count). The summed E-state index contributed by atoms with van der Waals surface area (Å²) in [4.78, 5) is 0. The third kappa shape index (κ3) is 5.58. The van der Waals surface area contributed by atoms with E-state index in [1.165, 1.54) is 0 Å². The van der Waals surface area contributed by atoms with Crippen LogP contribution in [0.4, 0.5) is 0 Å². The molecule has 0 aromatic heterocycles. The van der Waals surface area contributed by atoms with Crippen molar-refractivity contribution in [3.05, 3.63) is 0 Å². The second kappa shape index (κ2) is 7.21. The highest BCUT2D eigenvalue weighted by Gasteiger charge is 2.22. The van der Waals surface area contributed by atoms with E-state index in [9.17, 15) is 0 Å². The van der Waals surface area contributed by atoms with Crippen molar-refractivity contribution in [3.8, 4) is 0 Å². The Morgan fingerprint density at radius 1 is 1.36 bits per heavy atom. The molecule has 0 saturated carbocycles. The lowest BCUT2D eigenvalue weighted by Crippen LogP contribution is -2.33. The van der Waals surface area contributed by atoms with Gasteiger partial charge in [0.1, 0.15) is 6.10 Å². The first-order chi connectivity index (χ1) is 6.58. The Morgan fingerprint density at radius 2 is 2.00 bits per heavy atom. The van der Waals surface area contributed by atoms with Crippen LogP contribution in [0.3, 0.4) is 0 Å². The van der Waals surface area contributed by atoms with Gasteiger partial charge in [-0.1, -0.05) is 26.7 Å². The first kappa shape index (κ1) is 13.9. The standard InChI is InChI=1S/C11H24O3/c1-4-6-7-11(3,5-2)14-9-10(13)8-12/h10,12-13H,4-9H2,1-3H3. The number of ether oxygens (including phenoxy) is 1. The summed E-state index contributed by atoms with van der Waals surface area (Å²) >= 11 is 0. The molecule has 0 amide bonds. The SMILES string of the molecule is CCCCC(C)(CC)OCC(O)CO. The summed E-state index contributed by atoms with van der Waals surface area (Å²) in [6, 6.07) is 0. The highest BCUT2D eigenvalue weighted by atomic mass is 16.5. The molecule has 86 valence electrons. The first-order valence-electron chi connectivity index (χ1n) is 5.51. The van der Waals surface area contributed by atoms with E-state index in [0.29, 0.717) is 0 Å². The Kier molecular flexibility index (Phi) is 7.15. The molecule has 0 aromatic rings. The minimum atomic E-state index is -0.748. The van der Waals surface area contributed by atoms with Gasteiger partial charge in [-0.25, -0.2) is 0 Å². The van der Waals surface area contributed by atoms with Gasteiger partial charge in [-0.15, -0.1) is 0 Å². The zero-order valence-electron chi connectivity index (χ0n) is 9.62. The molecule has 3 heteroatoms. The van der Waals surface area contributed by atoms with E-state index in [4.69, 9.17) is 14.9 Å². The van der Waals surface area contributed by atoms with Crippen LogP contribution in [0.25, 0.3) is 0 Å². The summed E-state index contributed by atoms with van der Waals surface area (Å²) in [5, 5.41) is 17.8. The van der Waals surface area contributed by atoms with Crippen LogP contribution in [0.15, 0.2) is 0 Å². The molecular formula is C11H24O3. The Balaban J connectivity index is 3.85. The van der Waals surface area contributed by atoms with Crippen molar-refractivity contribution in [3.63, 3.8) is 0 Å². The van der Waals surface area contributed by atoms with Gasteiger partial charge in [0.15, 0.2) is 0 Å². The number of aliphatic hydroxyl groups excluding tert-OH is 2. The zero-order chi connectivity index (χ0) is 11.0. The topological polar surface area (TPSA) is 49.7 Å². The predicted molar refractivity (Wildman–Crippen MR) is 57.3 cm³/mol. The monoisotopic (exact) mass is 204 g/mol. The molecule has 0 fully saturated rings. The van der Waals surface area contributed by atoms with Crippen molar-refractivity contribution in [2.24, 2.45) is 0 Å². The van der Waals surface area contributed by atoms with Gasteiger partial charge in [-0.3, -0.25) is 0 Å². The minimum absolute atomic E-state index is 0.147. The zero-order valence-corrected chi connectivity index (χ0v) is 9.62. The van der Waals surface area contributed by atoms with Crippen molar-refractivity contribution in [2.45, 2.75) is 58.2 Å². The van der Waals surface area contributed by atoms with Gasteiger partial charge >= 0.3 is 0 Å². The van der Waals surface area contributed by atoms with Crippen LogP contribution in [0.1, 0.15) is 46.5 Å². The molecule has 2 unspecified atom stereocenters. The smallest absolute Gasteiger partial charge is 0.100 e. The second-order valence-corrected chi connectivity index (χ2v) is 4.05. The number of aliphatic hydroxyl groups is 2. The third-order valence-corrected chi connectivity index (χ3v) is 2.64. The molecule has 0 spiro atoms. The van der Waals surface area contributed by atoms with Gasteiger partial charge in [0, 0.05) is 0 Å². The fourth-order valence-electron chi connectivity index (χ4n) is 1.25. The van der Waals surface area contributed by atoms with E-state index < -0.39 is 6.10 Å². The predicted octanol–water partition coefficient (Wildman–Crippen LogP) is 1.72. The molecule has 0 radical (unpaired) electrons. The average Bonchev–Trinajstić information content (AvgIpc) is 2.23. The molecule has 2 N–H and O–H groups in total. The molecule has 0 aliphatic carbocycles. The lowest BCUT2D eigenvalue weighted by molar-refractivity contribution is -0.0860. The molecule has 0 heterocycles. The highest BCUT2D eigenvalue weighted by Crippen LogP contribution is 2.22. The van der Waals surface area contributed by atoms with Crippen LogP contribution >= 0.6 is 0 Å². The Labute approximate surface area is 87.1 Å². The van der Waals surface area contributed by atoms with E-state index in [-0.39, 0.29) is 18.8 Å². The summed E-state index contributed by atoms with van der Waals surface area (Å²) in [5.41, 5.74) is -0.147. The third-order valence-electron chi connectivity index (χ3n) is 2.64. The molecule has 0 aromatic carbocycles. The van der Waals surface area contributed by atoms with Gasteiger partial charge in [-0.2, -0.15) is 0 Å². The fraction of sp³-hybridized carbons (Fsp3) is 1.00. The second-order valence-electron chi connectivity index (χ2n) is 4.05. The van der Waals surface area contributed by atoms with E-state index in [1.54, 1.807) is 0 Å². The van der Waals surface area contributed by atoms with Gasteiger partial charge in [0.25, 0.3) is 0 Å². The Bertz CT molecular complexity index is 138. The quantitative estimate of drug-likeness (QED) is 0.633. The highest BCUT2D eigenvalue weighted by molar-refractivity contribution is 4.73. The molecule has 0 saturated heterocycles.